The van der Waals surface area contributed by atoms with Crippen molar-refractivity contribution in [2.45, 2.75) is 27.0 Å². The highest BCUT2D eigenvalue weighted by Crippen LogP contribution is 2.20. The number of nitrogens with two attached hydrogens (primary N) is 1. The maximum atomic E-state index is 6.02. The quantitative estimate of drug-likeness (QED) is 0.847. The molecule has 1 heterocycles. The smallest absolute Gasteiger partial charge is 0.149 e. The van der Waals surface area contributed by atoms with Crippen LogP contribution in [0.3, 0.4) is 0 Å². The highest BCUT2D eigenvalue weighted by atomic mass is 16.5. The largest absolute Gasteiger partial charge is 0.396 e. The fourth-order valence-corrected chi connectivity index (χ4v) is 1.97. The zero-order valence-corrected chi connectivity index (χ0v) is 12.0. The van der Waals surface area contributed by atoms with Gasteiger partial charge in [0.2, 0.25) is 0 Å². The van der Waals surface area contributed by atoms with Gasteiger partial charge in [0, 0.05) is 19.3 Å². The fourth-order valence-electron chi connectivity index (χ4n) is 1.97. The number of benzene rings is 1. The zero-order valence-electron chi connectivity index (χ0n) is 12.0. The van der Waals surface area contributed by atoms with Crippen LogP contribution < -0.4 is 11.1 Å². The van der Waals surface area contributed by atoms with Gasteiger partial charge in [-0.2, -0.15) is 0 Å². The van der Waals surface area contributed by atoms with Gasteiger partial charge in [-0.15, -0.1) is 0 Å². The van der Waals surface area contributed by atoms with Gasteiger partial charge in [0.15, 0.2) is 0 Å². The minimum atomic E-state index is 0.630. The Kier molecular flexibility index (Phi) is 4.96. The molecule has 2 rings (SSSR count). The predicted octanol–water partition coefficient (Wildman–Crippen LogP) is 3.12. The molecule has 0 unspecified atom stereocenters. The first kappa shape index (κ1) is 14.3. The Bertz CT molecular complexity index is 569. The number of ether oxygens (including phenoxy) is 1. The Balaban J connectivity index is 2.09. The first-order chi connectivity index (χ1) is 9.72. The van der Waals surface area contributed by atoms with Crippen LogP contribution in [0.5, 0.6) is 0 Å². The van der Waals surface area contributed by atoms with E-state index >= 15 is 0 Å². The van der Waals surface area contributed by atoms with Crippen LogP contribution in [-0.4, -0.2) is 11.6 Å². The number of aromatic nitrogens is 1. The molecule has 2 aromatic rings. The molecule has 1 aromatic carbocycles. The molecule has 1 aromatic heterocycles. The highest BCUT2D eigenvalue weighted by Gasteiger charge is 2.05. The normalized spacial score (nSPS) is 10.5. The fraction of sp³-hybridized carbons (Fsp3) is 0.312. The van der Waals surface area contributed by atoms with Gasteiger partial charge >= 0.3 is 0 Å². The van der Waals surface area contributed by atoms with Crippen molar-refractivity contribution in [2.75, 3.05) is 17.7 Å². The van der Waals surface area contributed by atoms with E-state index < -0.39 is 0 Å². The SMILES string of the molecule is CCOCc1ccccc1CNc1nccc(C)c1N. The van der Waals surface area contributed by atoms with E-state index in [9.17, 15) is 0 Å². The maximum absolute atomic E-state index is 6.02. The second-order valence-electron chi connectivity index (χ2n) is 4.65. The van der Waals surface area contributed by atoms with Gasteiger partial charge in [-0.3, -0.25) is 0 Å². The molecular formula is C16H21N3O. The monoisotopic (exact) mass is 271 g/mol. The number of nitrogen functional groups attached to an aromatic ring is 1. The number of pyridine rings is 1. The van der Waals surface area contributed by atoms with Crippen LogP contribution in [0.2, 0.25) is 0 Å². The average molecular weight is 271 g/mol. The number of anilines is 2. The Morgan fingerprint density at radius 1 is 1.20 bits per heavy atom. The molecule has 0 saturated carbocycles. The Hall–Kier alpha value is -2.07. The summed E-state index contributed by atoms with van der Waals surface area (Å²) in [6.45, 7) is 6.01. The second kappa shape index (κ2) is 6.91. The number of rotatable bonds is 6. The third-order valence-corrected chi connectivity index (χ3v) is 3.23. The number of hydrogen-bond acceptors (Lipinski definition) is 4. The van der Waals surface area contributed by atoms with Gasteiger partial charge < -0.3 is 15.8 Å². The summed E-state index contributed by atoms with van der Waals surface area (Å²) >= 11 is 0. The highest BCUT2D eigenvalue weighted by molar-refractivity contribution is 5.65. The van der Waals surface area contributed by atoms with Crippen molar-refractivity contribution in [3.63, 3.8) is 0 Å². The summed E-state index contributed by atoms with van der Waals surface area (Å²) in [5.41, 5.74) is 10.1. The Morgan fingerprint density at radius 3 is 2.70 bits per heavy atom. The van der Waals surface area contributed by atoms with E-state index in [0.717, 1.165) is 11.4 Å². The Labute approximate surface area is 120 Å². The lowest BCUT2D eigenvalue weighted by molar-refractivity contribution is 0.133. The summed E-state index contributed by atoms with van der Waals surface area (Å²) < 4.78 is 5.49. The molecule has 0 saturated heterocycles. The van der Waals surface area contributed by atoms with Crippen LogP contribution in [0.1, 0.15) is 23.6 Å². The molecule has 0 fully saturated rings. The van der Waals surface area contributed by atoms with Crippen molar-refractivity contribution >= 4 is 11.5 Å². The predicted molar refractivity (Wildman–Crippen MR) is 82.5 cm³/mol. The summed E-state index contributed by atoms with van der Waals surface area (Å²) in [5, 5.41) is 3.30. The molecule has 106 valence electrons. The molecule has 0 spiro atoms. The summed E-state index contributed by atoms with van der Waals surface area (Å²) in [4.78, 5) is 4.28. The van der Waals surface area contributed by atoms with Crippen molar-refractivity contribution in [1.29, 1.82) is 0 Å². The number of aryl methyl sites for hydroxylation is 1. The molecule has 0 aliphatic rings. The minimum absolute atomic E-state index is 0.630. The molecular weight excluding hydrogens is 250 g/mol. The molecule has 0 bridgehead atoms. The average Bonchev–Trinajstić information content (AvgIpc) is 2.47. The third kappa shape index (κ3) is 3.48. The van der Waals surface area contributed by atoms with Crippen molar-refractivity contribution in [3.8, 4) is 0 Å². The summed E-state index contributed by atoms with van der Waals surface area (Å²) in [5.74, 6) is 0.733. The molecule has 0 radical (unpaired) electrons. The second-order valence-corrected chi connectivity index (χ2v) is 4.65. The third-order valence-electron chi connectivity index (χ3n) is 3.23. The van der Waals surface area contributed by atoms with Crippen LogP contribution in [0.4, 0.5) is 11.5 Å². The topological polar surface area (TPSA) is 60.2 Å². The van der Waals surface area contributed by atoms with E-state index in [4.69, 9.17) is 10.5 Å². The first-order valence-corrected chi connectivity index (χ1v) is 6.81. The van der Waals surface area contributed by atoms with E-state index in [0.29, 0.717) is 25.4 Å². The van der Waals surface area contributed by atoms with Gasteiger partial charge in [0.1, 0.15) is 5.82 Å². The lowest BCUT2D eigenvalue weighted by Gasteiger charge is -2.13. The first-order valence-electron chi connectivity index (χ1n) is 6.81. The molecule has 20 heavy (non-hydrogen) atoms. The maximum Gasteiger partial charge on any atom is 0.149 e. The Morgan fingerprint density at radius 2 is 1.95 bits per heavy atom. The van der Waals surface area contributed by atoms with E-state index in [1.807, 2.05) is 32.0 Å². The number of nitrogens with one attached hydrogen (secondary N) is 1. The standard InChI is InChI=1S/C16H21N3O/c1-3-20-11-14-7-5-4-6-13(14)10-19-16-15(17)12(2)8-9-18-16/h4-9H,3,10-11,17H2,1-2H3,(H,18,19). The lowest BCUT2D eigenvalue weighted by atomic mass is 10.1. The molecule has 0 amide bonds. The number of nitrogens with zero attached hydrogens (tertiary/aromatic N) is 1. The van der Waals surface area contributed by atoms with Crippen molar-refractivity contribution in [2.24, 2.45) is 0 Å². The van der Waals surface area contributed by atoms with Gasteiger partial charge in [0.25, 0.3) is 0 Å². The van der Waals surface area contributed by atoms with Crippen LogP contribution in [0.15, 0.2) is 36.5 Å². The lowest BCUT2D eigenvalue weighted by Crippen LogP contribution is -2.08. The van der Waals surface area contributed by atoms with Crippen molar-refractivity contribution in [1.82, 2.24) is 4.98 Å². The van der Waals surface area contributed by atoms with Gasteiger partial charge in [-0.1, -0.05) is 24.3 Å². The number of hydrogen-bond donors (Lipinski definition) is 2. The molecule has 0 atom stereocenters. The van der Waals surface area contributed by atoms with Crippen LogP contribution in [0.25, 0.3) is 0 Å². The van der Waals surface area contributed by atoms with Gasteiger partial charge in [0.05, 0.1) is 12.3 Å². The van der Waals surface area contributed by atoms with Crippen molar-refractivity contribution < 1.29 is 4.74 Å². The van der Waals surface area contributed by atoms with Crippen LogP contribution in [-0.2, 0) is 17.9 Å². The summed E-state index contributed by atoms with van der Waals surface area (Å²) in [6, 6.07) is 10.1. The van der Waals surface area contributed by atoms with Crippen LogP contribution in [0, 0.1) is 6.92 Å². The van der Waals surface area contributed by atoms with E-state index in [1.54, 1.807) is 6.20 Å². The van der Waals surface area contributed by atoms with E-state index in [1.165, 1.54) is 11.1 Å². The van der Waals surface area contributed by atoms with Crippen molar-refractivity contribution in [3.05, 3.63) is 53.2 Å². The molecule has 0 aliphatic carbocycles. The van der Waals surface area contributed by atoms with E-state index in [2.05, 4.69) is 22.4 Å². The summed E-state index contributed by atoms with van der Waals surface area (Å²) in [6.07, 6.45) is 1.76. The minimum Gasteiger partial charge on any atom is -0.396 e. The summed E-state index contributed by atoms with van der Waals surface area (Å²) in [7, 11) is 0. The van der Waals surface area contributed by atoms with Gasteiger partial charge in [-0.05, 0) is 36.6 Å². The molecule has 4 nitrogen and oxygen atoms in total. The van der Waals surface area contributed by atoms with E-state index in [-0.39, 0.29) is 0 Å². The van der Waals surface area contributed by atoms with Crippen LogP contribution >= 0.6 is 0 Å². The van der Waals surface area contributed by atoms with Gasteiger partial charge in [-0.25, -0.2) is 4.98 Å². The zero-order chi connectivity index (χ0) is 14.4. The molecule has 0 aliphatic heterocycles. The molecule has 4 heteroatoms. The molecule has 3 N–H and O–H groups in total.